The number of halogens is 1. The second kappa shape index (κ2) is 13.7. The lowest BCUT2D eigenvalue weighted by Gasteiger charge is -2.38. The molecule has 0 fully saturated rings. The number of nitrogens with zero attached hydrogens (tertiary/aromatic N) is 2. The first kappa shape index (κ1) is 29.9. The lowest BCUT2D eigenvalue weighted by molar-refractivity contribution is -0.136. The summed E-state index contributed by atoms with van der Waals surface area (Å²) in [5.41, 5.74) is 1.18. The molecule has 0 aliphatic rings. The number of hydrogen-bond donors (Lipinski definition) is 1. The van der Waals surface area contributed by atoms with Gasteiger partial charge in [0.1, 0.15) is 0 Å². The standard InChI is InChI=1S/C29H43ClN2O2/c1-9-11-13-23(3)29(27(33)31(6)7,24(4)14-12-10-2)20-22-32(8)21-19-28(5,34)25-15-17-26(30)18-16-25/h9-18,34H,19-22H2,1-8H3. The maximum absolute atomic E-state index is 13.6. The zero-order valence-electron chi connectivity index (χ0n) is 22.2. The molecule has 4 nitrogen and oxygen atoms in total. The summed E-state index contributed by atoms with van der Waals surface area (Å²) < 4.78 is 0. The molecule has 0 saturated carbocycles. The minimum absolute atomic E-state index is 0.0746. The van der Waals surface area contributed by atoms with Crippen LogP contribution in [0.5, 0.6) is 0 Å². The lowest BCUT2D eigenvalue weighted by atomic mass is 9.70. The van der Waals surface area contributed by atoms with Gasteiger partial charge in [-0.2, -0.15) is 0 Å². The monoisotopic (exact) mass is 486 g/mol. The van der Waals surface area contributed by atoms with Crippen LogP contribution in [0, 0.1) is 5.41 Å². The van der Waals surface area contributed by atoms with Crippen molar-refractivity contribution in [1.82, 2.24) is 9.80 Å². The molecular weight excluding hydrogens is 444 g/mol. The van der Waals surface area contributed by atoms with E-state index in [-0.39, 0.29) is 5.91 Å². The van der Waals surface area contributed by atoms with Crippen LogP contribution in [0.4, 0.5) is 0 Å². The maximum atomic E-state index is 13.6. The van der Waals surface area contributed by atoms with Crippen LogP contribution in [0.2, 0.25) is 5.02 Å². The summed E-state index contributed by atoms with van der Waals surface area (Å²) in [4.78, 5) is 17.5. The number of aliphatic hydroxyl groups is 1. The van der Waals surface area contributed by atoms with E-state index >= 15 is 0 Å². The molecule has 1 unspecified atom stereocenters. The number of allylic oxidation sites excluding steroid dienone is 6. The van der Waals surface area contributed by atoms with Gasteiger partial charge in [0.05, 0.1) is 11.0 Å². The van der Waals surface area contributed by atoms with Crippen LogP contribution in [0.3, 0.4) is 0 Å². The van der Waals surface area contributed by atoms with Gasteiger partial charge in [0.15, 0.2) is 0 Å². The van der Waals surface area contributed by atoms with Gasteiger partial charge in [0.2, 0.25) is 5.91 Å². The van der Waals surface area contributed by atoms with Crippen LogP contribution in [0.25, 0.3) is 0 Å². The Bertz CT molecular complexity index is 881. The molecule has 1 atom stereocenters. The van der Waals surface area contributed by atoms with Gasteiger partial charge in [-0.25, -0.2) is 0 Å². The van der Waals surface area contributed by atoms with E-state index in [9.17, 15) is 9.90 Å². The van der Waals surface area contributed by atoms with Crippen LogP contribution in [-0.4, -0.2) is 55.0 Å². The third-order valence-corrected chi connectivity index (χ3v) is 6.76. The van der Waals surface area contributed by atoms with Crippen LogP contribution in [0.1, 0.15) is 53.0 Å². The first-order valence-corrected chi connectivity index (χ1v) is 12.3. The highest BCUT2D eigenvalue weighted by Crippen LogP contribution is 2.41. The average Bonchev–Trinajstić information content (AvgIpc) is 2.80. The van der Waals surface area contributed by atoms with Gasteiger partial charge in [-0.05, 0) is 78.7 Å². The van der Waals surface area contributed by atoms with Crippen LogP contribution in [-0.2, 0) is 10.4 Å². The molecule has 0 heterocycles. The van der Waals surface area contributed by atoms with E-state index < -0.39 is 11.0 Å². The van der Waals surface area contributed by atoms with E-state index in [1.54, 1.807) is 17.0 Å². The Morgan fingerprint density at radius 1 is 0.941 bits per heavy atom. The normalized spacial score (nSPS) is 16.8. The summed E-state index contributed by atoms with van der Waals surface area (Å²) in [7, 11) is 5.67. The quantitative estimate of drug-likeness (QED) is 0.348. The van der Waals surface area contributed by atoms with Gasteiger partial charge in [0.25, 0.3) is 0 Å². The third kappa shape index (κ3) is 7.97. The Hall–Kier alpha value is -2.14. The van der Waals surface area contributed by atoms with E-state index in [1.807, 2.05) is 104 Å². The predicted octanol–water partition coefficient (Wildman–Crippen LogP) is 6.38. The summed E-state index contributed by atoms with van der Waals surface area (Å²) in [5, 5.41) is 11.7. The van der Waals surface area contributed by atoms with Crippen molar-refractivity contribution < 1.29 is 9.90 Å². The zero-order valence-corrected chi connectivity index (χ0v) is 23.0. The van der Waals surface area contributed by atoms with Crippen LogP contribution < -0.4 is 0 Å². The largest absolute Gasteiger partial charge is 0.385 e. The van der Waals surface area contributed by atoms with Gasteiger partial charge in [0, 0.05) is 25.7 Å². The van der Waals surface area contributed by atoms with Crippen molar-refractivity contribution in [3.8, 4) is 0 Å². The first-order valence-electron chi connectivity index (χ1n) is 11.9. The van der Waals surface area contributed by atoms with Crippen LogP contribution >= 0.6 is 11.6 Å². The Balaban J connectivity index is 3.17. The highest BCUT2D eigenvalue weighted by atomic mass is 35.5. The molecule has 0 radical (unpaired) electrons. The minimum atomic E-state index is -0.959. The number of benzene rings is 1. The van der Waals surface area contributed by atoms with Gasteiger partial charge in [-0.3, -0.25) is 4.79 Å². The molecule has 0 aliphatic heterocycles. The molecule has 0 bridgehead atoms. The summed E-state index contributed by atoms with van der Waals surface area (Å²) in [6, 6.07) is 7.34. The molecule has 1 rings (SSSR count). The van der Waals surface area contributed by atoms with Crippen molar-refractivity contribution in [1.29, 1.82) is 0 Å². The molecule has 0 aromatic heterocycles. The van der Waals surface area contributed by atoms with Crippen molar-refractivity contribution in [3.05, 3.63) is 82.5 Å². The average molecular weight is 487 g/mol. The predicted molar refractivity (Wildman–Crippen MR) is 146 cm³/mol. The molecule has 1 aromatic rings. The zero-order chi connectivity index (χ0) is 25.9. The second-order valence-corrected chi connectivity index (χ2v) is 9.88. The molecule has 1 N–H and O–H groups in total. The SMILES string of the molecule is CC=CC=C(C)C(CCN(C)CCC(C)(O)c1ccc(Cl)cc1)(C(=O)N(C)C)C(C)=CC=CC. The minimum Gasteiger partial charge on any atom is -0.385 e. The second-order valence-electron chi connectivity index (χ2n) is 9.44. The number of hydrogen-bond acceptors (Lipinski definition) is 3. The van der Waals surface area contributed by atoms with Gasteiger partial charge >= 0.3 is 0 Å². The summed E-state index contributed by atoms with van der Waals surface area (Å²) in [5.74, 6) is 0.0746. The topological polar surface area (TPSA) is 43.8 Å². The third-order valence-electron chi connectivity index (χ3n) is 6.51. The van der Waals surface area contributed by atoms with Gasteiger partial charge in [-0.1, -0.05) is 71.3 Å². The Morgan fingerprint density at radius 2 is 1.41 bits per heavy atom. The number of carbonyl (C=O) groups is 1. The summed E-state index contributed by atoms with van der Waals surface area (Å²) >= 11 is 6.00. The highest BCUT2D eigenvalue weighted by Gasteiger charge is 2.42. The van der Waals surface area contributed by atoms with Crippen molar-refractivity contribution in [2.45, 2.75) is 53.1 Å². The molecular formula is C29H43ClN2O2. The Morgan fingerprint density at radius 3 is 1.85 bits per heavy atom. The first-order chi connectivity index (χ1) is 15.9. The fraction of sp³-hybridized carbons (Fsp3) is 0.483. The van der Waals surface area contributed by atoms with E-state index in [0.29, 0.717) is 31.0 Å². The molecule has 5 heteroatoms. The molecule has 34 heavy (non-hydrogen) atoms. The fourth-order valence-corrected chi connectivity index (χ4v) is 4.26. The van der Waals surface area contributed by atoms with Gasteiger partial charge in [-0.15, -0.1) is 0 Å². The highest BCUT2D eigenvalue weighted by molar-refractivity contribution is 6.30. The molecule has 188 valence electrons. The van der Waals surface area contributed by atoms with E-state index in [2.05, 4.69) is 4.90 Å². The summed E-state index contributed by atoms with van der Waals surface area (Å²) in [6.45, 7) is 11.3. The molecule has 1 aromatic carbocycles. The number of amides is 1. The molecule has 1 amide bonds. The summed E-state index contributed by atoms with van der Waals surface area (Å²) in [6.07, 6.45) is 13.2. The van der Waals surface area contributed by atoms with Crippen LogP contribution in [0.15, 0.2) is 71.9 Å². The molecule has 0 saturated heterocycles. The van der Waals surface area contributed by atoms with Crippen molar-refractivity contribution in [2.75, 3.05) is 34.2 Å². The van der Waals surface area contributed by atoms with Crippen molar-refractivity contribution in [2.24, 2.45) is 5.41 Å². The van der Waals surface area contributed by atoms with Crippen molar-refractivity contribution >= 4 is 17.5 Å². The Kier molecular flexibility index (Phi) is 12.0. The Labute approximate surface area is 212 Å². The number of carbonyl (C=O) groups excluding carboxylic acids is 1. The lowest BCUT2D eigenvalue weighted by Crippen LogP contribution is -2.44. The van der Waals surface area contributed by atoms with Gasteiger partial charge < -0.3 is 14.9 Å². The van der Waals surface area contributed by atoms with E-state index in [0.717, 1.165) is 16.7 Å². The number of rotatable bonds is 12. The smallest absolute Gasteiger partial charge is 0.236 e. The maximum Gasteiger partial charge on any atom is 0.236 e. The molecule has 0 spiro atoms. The fourth-order valence-electron chi connectivity index (χ4n) is 4.13. The van der Waals surface area contributed by atoms with E-state index in [1.165, 1.54) is 0 Å². The van der Waals surface area contributed by atoms with E-state index in [4.69, 9.17) is 11.6 Å². The van der Waals surface area contributed by atoms with Crippen molar-refractivity contribution in [3.63, 3.8) is 0 Å². The molecule has 0 aliphatic carbocycles.